The molecule has 0 fully saturated rings. The number of methoxy groups -OCH3 is 2. The molecule has 3 rings (SSSR count). The molecule has 0 aromatic carbocycles. The van der Waals surface area contributed by atoms with Crippen molar-refractivity contribution in [2.24, 2.45) is 7.05 Å². The summed E-state index contributed by atoms with van der Waals surface area (Å²) in [4.78, 5) is 30.2. The van der Waals surface area contributed by atoms with Gasteiger partial charge < -0.3 is 14.0 Å². The molecule has 0 saturated heterocycles. The summed E-state index contributed by atoms with van der Waals surface area (Å²) in [6.07, 6.45) is 0.835. The van der Waals surface area contributed by atoms with Crippen LogP contribution in [0.25, 0.3) is 16.9 Å². The van der Waals surface area contributed by atoms with Crippen molar-refractivity contribution in [2.45, 2.75) is 33.4 Å². The molecule has 0 saturated carbocycles. The minimum absolute atomic E-state index is 0.206. The van der Waals surface area contributed by atoms with Gasteiger partial charge in [0, 0.05) is 45.8 Å². The Labute approximate surface area is 150 Å². The molecule has 3 aromatic rings. The number of aryl methyl sites for hydroxylation is 3. The van der Waals surface area contributed by atoms with Crippen LogP contribution in [0.4, 0.5) is 0 Å². The lowest BCUT2D eigenvalue weighted by atomic mass is 10.3. The zero-order chi connectivity index (χ0) is 19.0. The van der Waals surface area contributed by atoms with Gasteiger partial charge in [0.05, 0.1) is 13.2 Å². The van der Waals surface area contributed by atoms with Gasteiger partial charge in [-0.1, -0.05) is 0 Å². The summed E-state index contributed by atoms with van der Waals surface area (Å²) in [7, 11) is 4.85. The molecule has 0 amide bonds. The number of imidazole rings is 2. The molecule has 0 aliphatic heterocycles. The maximum Gasteiger partial charge on any atom is 0.332 e. The molecule has 9 nitrogen and oxygen atoms in total. The zero-order valence-electron chi connectivity index (χ0n) is 15.9. The number of hydrogen-bond acceptors (Lipinski definition) is 5. The first kappa shape index (κ1) is 18.4. The lowest BCUT2D eigenvalue weighted by molar-refractivity contribution is 0.184. The predicted octanol–water partition coefficient (Wildman–Crippen LogP) is 0.449. The molecule has 0 N–H and O–H groups in total. The highest BCUT2D eigenvalue weighted by Gasteiger charge is 2.22. The van der Waals surface area contributed by atoms with Gasteiger partial charge in [-0.05, 0) is 20.3 Å². The van der Waals surface area contributed by atoms with Crippen molar-refractivity contribution in [1.29, 1.82) is 0 Å². The van der Waals surface area contributed by atoms with E-state index in [0.29, 0.717) is 30.2 Å². The third kappa shape index (κ3) is 2.67. The van der Waals surface area contributed by atoms with E-state index >= 15 is 0 Å². The van der Waals surface area contributed by atoms with E-state index in [-0.39, 0.29) is 17.8 Å². The van der Waals surface area contributed by atoms with Crippen molar-refractivity contribution >= 4 is 16.9 Å². The standard InChI is InChI=1S/C17H25N5O4/c1-11-12(2)22-13-14(18-16(22)20(11)7-6-9-25-4)19(3)17(24)21(15(13)23)8-10-26-5/h6-10H2,1-5H3. The Kier molecular flexibility index (Phi) is 5.01. The Morgan fingerprint density at radius 1 is 0.962 bits per heavy atom. The fourth-order valence-corrected chi connectivity index (χ4v) is 3.33. The van der Waals surface area contributed by atoms with E-state index in [4.69, 9.17) is 9.47 Å². The van der Waals surface area contributed by atoms with Gasteiger partial charge in [-0.3, -0.25) is 18.3 Å². The van der Waals surface area contributed by atoms with Gasteiger partial charge in [0.25, 0.3) is 5.56 Å². The summed E-state index contributed by atoms with van der Waals surface area (Å²) < 4.78 is 16.7. The number of rotatable bonds is 7. The number of fused-ring (bicyclic) bond motifs is 3. The molecule has 3 heterocycles. The quantitative estimate of drug-likeness (QED) is 0.569. The Balaban J connectivity index is 2.32. The van der Waals surface area contributed by atoms with E-state index in [1.807, 2.05) is 18.2 Å². The van der Waals surface area contributed by atoms with Crippen LogP contribution in [-0.2, 0) is 29.6 Å². The largest absolute Gasteiger partial charge is 0.385 e. The minimum Gasteiger partial charge on any atom is -0.385 e. The maximum absolute atomic E-state index is 13.0. The van der Waals surface area contributed by atoms with Crippen LogP contribution in [0.15, 0.2) is 9.59 Å². The van der Waals surface area contributed by atoms with E-state index < -0.39 is 0 Å². The van der Waals surface area contributed by atoms with Crippen molar-refractivity contribution in [3.05, 3.63) is 32.2 Å². The molecule has 0 radical (unpaired) electrons. The molecule has 3 aromatic heterocycles. The van der Waals surface area contributed by atoms with Gasteiger partial charge in [0.15, 0.2) is 11.2 Å². The fourth-order valence-electron chi connectivity index (χ4n) is 3.33. The number of hydrogen-bond donors (Lipinski definition) is 0. The first-order chi connectivity index (χ1) is 12.4. The first-order valence-corrected chi connectivity index (χ1v) is 8.59. The second-order valence-corrected chi connectivity index (χ2v) is 6.38. The van der Waals surface area contributed by atoms with Crippen molar-refractivity contribution in [3.63, 3.8) is 0 Å². The summed E-state index contributed by atoms with van der Waals surface area (Å²) in [5.41, 5.74) is 2.07. The average molecular weight is 363 g/mol. The normalized spacial score (nSPS) is 11.9. The summed E-state index contributed by atoms with van der Waals surface area (Å²) in [6.45, 7) is 5.84. The number of aromatic nitrogens is 5. The van der Waals surface area contributed by atoms with Crippen molar-refractivity contribution in [3.8, 4) is 0 Å². The minimum atomic E-state index is -0.388. The van der Waals surface area contributed by atoms with Crippen LogP contribution in [0.1, 0.15) is 17.8 Å². The van der Waals surface area contributed by atoms with Gasteiger partial charge in [-0.2, -0.15) is 4.98 Å². The summed E-state index contributed by atoms with van der Waals surface area (Å²) >= 11 is 0. The Morgan fingerprint density at radius 2 is 1.65 bits per heavy atom. The molecule has 0 bridgehead atoms. The molecule has 9 heteroatoms. The summed E-state index contributed by atoms with van der Waals surface area (Å²) in [5, 5.41) is 0. The van der Waals surface area contributed by atoms with E-state index in [1.54, 1.807) is 21.3 Å². The van der Waals surface area contributed by atoms with Gasteiger partial charge in [-0.15, -0.1) is 0 Å². The third-order valence-electron chi connectivity index (χ3n) is 4.88. The Morgan fingerprint density at radius 3 is 2.31 bits per heavy atom. The molecular weight excluding hydrogens is 338 g/mol. The van der Waals surface area contributed by atoms with Crippen LogP contribution in [0.5, 0.6) is 0 Å². The monoisotopic (exact) mass is 363 g/mol. The molecule has 26 heavy (non-hydrogen) atoms. The zero-order valence-corrected chi connectivity index (χ0v) is 15.9. The van der Waals surface area contributed by atoms with E-state index in [0.717, 1.165) is 24.4 Å². The molecule has 0 atom stereocenters. The van der Waals surface area contributed by atoms with E-state index in [9.17, 15) is 9.59 Å². The predicted molar refractivity (Wildman–Crippen MR) is 98.0 cm³/mol. The number of nitrogens with zero attached hydrogens (tertiary/aromatic N) is 5. The van der Waals surface area contributed by atoms with Crippen LogP contribution < -0.4 is 11.2 Å². The molecular formula is C17H25N5O4. The van der Waals surface area contributed by atoms with Gasteiger partial charge in [0.2, 0.25) is 5.78 Å². The third-order valence-corrected chi connectivity index (χ3v) is 4.88. The van der Waals surface area contributed by atoms with E-state index in [1.165, 1.54) is 9.13 Å². The molecule has 0 spiro atoms. The molecule has 0 aliphatic carbocycles. The van der Waals surface area contributed by atoms with Crippen LogP contribution >= 0.6 is 0 Å². The highest BCUT2D eigenvalue weighted by Crippen LogP contribution is 2.20. The topological polar surface area (TPSA) is 84.7 Å². The van der Waals surface area contributed by atoms with Gasteiger partial charge in [-0.25, -0.2) is 4.79 Å². The lowest BCUT2D eigenvalue weighted by Crippen LogP contribution is -2.40. The highest BCUT2D eigenvalue weighted by atomic mass is 16.5. The summed E-state index contributed by atoms with van der Waals surface area (Å²) in [6, 6.07) is 0. The van der Waals surface area contributed by atoms with Crippen molar-refractivity contribution < 1.29 is 9.47 Å². The molecule has 0 unspecified atom stereocenters. The van der Waals surface area contributed by atoms with Crippen LogP contribution in [0.2, 0.25) is 0 Å². The SMILES string of the molecule is COCCCn1c(C)c(C)n2c3c(=O)n(CCOC)c(=O)n(C)c3nc12. The second-order valence-electron chi connectivity index (χ2n) is 6.38. The second kappa shape index (κ2) is 7.08. The number of ether oxygens (including phenoxy) is 2. The van der Waals surface area contributed by atoms with E-state index in [2.05, 4.69) is 9.55 Å². The van der Waals surface area contributed by atoms with Crippen LogP contribution in [0, 0.1) is 13.8 Å². The molecule has 142 valence electrons. The van der Waals surface area contributed by atoms with Gasteiger partial charge >= 0.3 is 5.69 Å². The van der Waals surface area contributed by atoms with Crippen LogP contribution in [0.3, 0.4) is 0 Å². The Hall–Kier alpha value is -2.39. The highest BCUT2D eigenvalue weighted by molar-refractivity contribution is 5.76. The maximum atomic E-state index is 13.0. The van der Waals surface area contributed by atoms with Crippen molar-refractivity contribution in [2.75, 3.05) is 27.4 Å². The fraction of sp³-hybridized carbons (Fsp3) is 0.588. The average Bonchev–Trinajstić information content (AvgIpc) is 3.12. The lowest BCUT2D eigenvalue weighted by Gasteiger charge is -2.08. The first-order valence-electron chi connectivity index (χ1n) is 8.59. The smallest absolute Gasteiger partial charge is 0.332 e. The van der Waals surface area contributed by atoms with Gasteiger partial charge in [0.1, 0.15) is 0 Å². The Bertz CT molecular complexity index is 1070. The van der Waals surface area contributed by atoms with Crippen molar-refractivity contribution in [1.82, 2.24) is 23.1 Å². The summed E-state index contributed by atoms with van der Waals surface area (Å²) in [5.74, 6) is 0.669. The van der Waals surface area contributed by atoms with Crippen LogP contribution in [-0.4, -0.2) is 50.5 Å². The molecule has 0 aliphatic rings.